The number of anilines is 1. The van der Waals surface area contributed by atoms with Gasteiger partial charge >= 0.3 is 5.97 Å². The first kappa shape index (κ1) is 21.6. The summed E-state index contributed by atoms with van der Waals surface area (Å²) in [6.07, 6.45) is 0.847. The minimum atomic E-state index is -0.450. The maximum atomic E-state index is 12.5. The number of aromatic amines is 1. The van der Waals surface area contributed by atoms with Gasteiger partial charge in [0.05, 0.1) is 17.9 Å². The summed E-state index contributed by atoms with van der Waals surface area (Å²) in [6.45, 7) is 4.06. The molecule has 2 N–H and O–H groups in total. The fourth-order valence-electron chi connectivity index (χ4n) is 3.11. The number of aryl methyl sites for hydroxylation is 1. The number of hydrogen-bond acceptors (Lipinski definition) is 5. The lowest BCUT2D eigenvalue weighted by Crippen LogP contribution is -2.15. The number of nitrogens with one attached hydrogen (secondary N) is 2. The lowest BCUT2D eigenvalue weighted by Gasteiger charge is -2.10. The van der Waals surface area contributed by atoms with E-state index in [0.717, 1.165) is 23.4 Å². The minimum Gasteiger partial charge on any atom is -0.462 e. The maximum absolute atomic E-state index is 12.5. The predicted molar refractivity (Wildman–Crippen MR) is 121 cm³/mol. The number of thioether (sulfide) groups is 1. The lowest BCUT2D eigenvalue weighted by atomic mass is 10.1. The van der Waals surface area contributed by atoms with Gasteiger partial charge in [-0.25, -0.2) is 4.79 Å². The van der Waals surface area contributed by atoms with Crippen molar-refractivity contribution >= 4 is 40.2 Å². The number of esters is 1. The number of rotatable bonds is 8. The van der Waals surface area contributed by atoms with Crippen LogP contribution >= 0.6 is 11.8 Å². The molecule has 3 aromatic rings. The fraction of sp³-hybridized carbons (Fsp3) is 0.261. The van der Waals surface area contributed by atoms with Crippen LogP contribution in [0.15, 0.2) is 53.3 Å². The molecule has 0 aliphatic heterocycles. The van der Waals surface area contributed by atoms with E-state index in [-0.39, 0.29) is 23.7 Å². The van der Waals surface area contributed by atoms with Gasteiger partial charge in [-0.1, -0.05) is 25.1 Å². The van der Waals surface area contributed by atoms with Crippen molar-refractivity contribution in [3.8, 4) is 0 Å². The Kier molecular flexibility index (Phi) is 7.30. The Morgan fingerprint density at radius 1 is 1.10 bits per heavy atom. The molecule has 0 atom stereocenters. The molecule has 0 aliphatic carbocycles. The van der Waals surface area contributed by atoms with Gasteiger partial charge in [-0.3, -0.25) is 9.59 Å². The van der Waals surface area contributed by atoms with Crippen LogP contribution in [0.5, 0.6) is 0 Å². The van der Waals surface area contributed by atoms with Gasteiger partial charge in [0.25, 0.3) is 0 Å². The Morgan fingerprint density at radius 3 is 2.67 bits per heavy atom. The van der Waals surface area contributed by atoms with Crippen LogP contribution in [0.4, 0.5) is 5.69 Å². The smallest absolute Gasteiger partial charge is 0.338 e. The topological polar surface area (TPSA) is 88.3 Å². The van der Waals surface area contributed by atoms with Crippen LogP contribution in [-0.4, -0.2) is 29.2 Å². The summed E-state index contributed by atoms with van der Waals surface area (Å²) < 4.78 is 4.98. The maximum Gasteiger partial charge on any atom is 0.338 e. The number of amides is 1. The molecule has 0 radical (unpaired) electrons. The molecule has 0 bridgehead atoms. The third kappa shape index (κ3) is 5.30. The Morgan fingerprint density at radius 2 is 1.90 bits per heavy atom. The standard InChI is InChI=1S/C23H24N2O4S/c1-3-15-7-5-6-8-19(15)25-22(27)14-30-13-17-12-21(26)18-11-16(23(28)29-4-2)9-10-20(18)24-17/h5-12H,3-4,13-14H2,1-2H3,(H,24,26)(H,25,27). The Bertz CT molecular complexity index is 1120. The highest BCUT2D eigenvalue weighted by atomic mass is 32.2. The number of aromatic nitrogens is 1. The van der Waals surface area contributed by atoms with Crippen molar-refractivity contribution in [2.75, 3.05) is 17.7 Å². The van der Waals surface area contributed by atoms with Gasteiger partial charge in [0.15, 0.2) is 5.43 Å². The van der Waals surface area contributed by atoms with Crippen LogP contribution in [0.25, 0.3) is 10.9 Å². The molecule has 0 aliphatic rings. The zero-order chi connectivity index (χ0) is 21.5. The molecule has 1 heterocycles. The number of carbonyl (C=O) groups is 2. The number of fused-ring (bicyclic) bond motifs is 1. The molecular formula is C23H24N2O4S. The van der Waals surface area contributed by atoms with Crippen molar-refractivity contribution in [1.29, 1.82) is 0 Å². The summed E-state index contributed by atoms with van der Waals surface area (Å²) in [5.74, 6) is 0.241. The van der Waals surface area contributed by atoms with Gasteiger partial charge in [-0.2, -0.15) is 0 Å². The lowest BCUT2D eigenvalue weighted by molar-refractivity contribution is -0.113. The number of benzene rings is 2. The molecule has 0 saturated carbocycles. The second kappa shape index (κ2) is 10.1. The number of pyridine rings is 1. The number of para-hydroxylation sites is 1. The molecular weight excluding hydrogens is 400 g/mol. The number of ether oxygens (including phenoxy) is 1. The van der Waals surface area contributed by atoms with Gasteiger partial charge in [-0.05, 0) is 43.2 Å². The largest absolute Gasteiger partial charge is 0.462 e. The van der Waals surface area contributed by atoms with E-state index in [4.69, 9.17) is 4.74 Å². The highest BCUT2D eigenvalue weighted by molar-refractivity contribution is 7.99. The zero-order valence-corrected chi connectivity index (χ0v) is 17.8. The molecule has 0 spiro atoms. The summed E-state index contributed by atoms with van der Waals surface area (Å²) in [4.78, 5) is 39.8. The van der Waals surface area contributed by atoms with E-state index < -0.39 is 5.97 Å². The van der Waals surface area contributed by atoms with E-state index in [0.29, 0.717) is 22.2 Å². The van der Waals surface area contributed by atoms with Gasteiger partial charge in [0.2, 0.25) is 5.91 Å². The van der Waals surface area contributed by atoms with Gasteiger partial charge in [0, 0.05) is 34.1 Å². The number of hydrogen-bond donors (Lipinski definition) is 2. The second-order valence-electron chi connectivity index (χ2n) is 6.69. The Hall–Kier alpha value is -3.06. The second-order valence-corrected chi connectivity index (χ2v) is 7.68. The highest BCUT2D eigenvalue weighted by Crippen LogP contribution is 2.18. The van der Waals surface area contributed by atoms with Crippen molar-refractivity contribution in [3.63, 3.8) is 0 Å². The average molecular weight is 425 g/mol. The first-order valence-corrected chi connectivity index (χ1v) is 11.0. The molecule has 2 aromatic carbocycles. The summed E-state index contributed by atoms with van der Waals surface area (Å²) >= 11 is 1.42. The predicted octanol–water partition coefficient (Wildman–Crippen LogP) is 4.14. The van der Waals surface area contributed by atoms with Crippen LogP contribution in [0.3, 0.4) is 0 Å². The van der Waals surface area contributed by atoms with E-state index in [1.54, 1.807) is 25.1 Å². The van der Waals surface area contributed by atoms with Crippen LogP contribution in [0.1, 0.15) is 35.5 Å². The van der Waals surface area contributed by atoms with E-state index in [9.17, 15) is 14.4 Å². The third-order valence-corrected chi connectivity index (χ3v) is 5.54. The molecule has 1 amide bonds. The van der Waals surface area contributed by atoms with Gasteiger partial charge in [0.1, 0.15) is 0 Å². The third-order valence-electron chi connectivity index (χ3n) is 4.56. The minimum absolute atomic E-state index is 0.0804. The van der Waals surface area contributed by atoms with Crippen molar-refractivity contribution in [2.45, 2.75) is 26.0 Å². The van der Waals surface area contributed by atoms with Gasteiger partial charge < -0.3 is 15.0 Å². The SMILES string of the molecule is CCOC(=O)c1ccc2[nH]c(CSCC(=O)Nc3ccccc3CC)cc(=O)c2c1. The first-order valence-electron chi connectivity index (χ1n) is 9.80. The zero-order valence-electron chi connectivity index (χ0n) is 17.0. The van der Waals surface area contributed by atoms with Crippen molar-refractivity contribution < 1.29 is 14.3 Å². The molecule has 30 heavy (non-hydrogen) atoms. The molecule has 156 valence electrons. The average Bonchev–Trinajstić information content (AvgIpc) is 2.74. The normalized spacial score (nSPS) is 10.7. The summed E-state index contributed by atoms with van der Waals surface area (Å²) in [6, 6.07) is 14.1. The van der Waals surface area contributed by atoms with Crippen molar-refractivity contribution in [3.05, 3.63) is 75.6 Å². The summed E-state index contributed by atoms with van der Waals surface area (Å²) in [7, 11) is 0. The molecule has 3 rings (SSSR count). The Labute approximate surface area is 179 Å². The molecule has 6 nitrogen and oxygen atoms in total. The quantitative estimate of drug-likeness (QED) is 0.531. The van der Waals surface area contributed by atoms with E-state index >= 15 is 0 Å². The molecule has 0 fully saturated rings. The first-order chi connectivity index (χ1) is 14.5. The summed E-state index contributed by atoms with van der Waals surface area (Å²) in [5, 5.41) is 3.37. The van der Waals surface area contributed by atoms with Crippen molar-refractivity contribution in [2.24, 2.45) is 0 Å². The molecule has 1 aromatic heterocycles. The van der Waals surface area contributed by atoms with Crippen LogP contribution in [0.2, 0.25) is 0 Å². The monoisotopic (exact) mass is 424 g/mol. The number of carbonyl (C=O) groups excluding carboxylic acids is 2. The van der Waals surface area contributed by atoms with E-state index in [1.165, 1.54) is 17.8 Å². The fourth-order valence-corrected chi connectivity index (χ4v) is 3.85. The highest BCUT2D eigenvalue weighted by Gasteiger charge is 2.11. The van der Waals surface area contributed by atoms with E-state index in [1.807, 2.05) is 31.2 Å². The van der Waals surface area contributed by atoms with Crippen LogP contribution in [-0.2, 0) is 21.7 Å². The molecule has 7 heteroatoms. The summed E-state index contributed by atoms with van der Waals surface area (Å²) in [5.41, 5.74) is 3.47. The molecule has 0 unspecified atom stereocenters. The number of H-pyrrole nitrogens is 1. The molecule has 0 saturated heterocycles. The van der Waals surface area contributed by atoms with Gasteiger partial charge in [-0.15, -0.1) is 11.8 Å². The van der Waals surface area contributed by atoms with Crippen molar-refractivity contribution in [1.82, 2.24) is 4.98 Å². The Balaban J connectivity index is 1.63. The van der Waals surface area contributed by atoms with Crippen LogP contribution < -0.4 is 10.7 Å². The van der Waals surface area contributed by atoms with Crippen LogP contribution in [0, 0.1) is 0 Å². The van der Waals surface area contributed by atoms with E-state index in [2.05, 4.69) is 10.3 Å².